The van der Waals surface area contributed by atoms with E-state index in [0.29, 0.717) is 31.9 Å². The van der Waals surface area contributed by atoms with Crippen LogP contribution in [-0.4, -0.2) is 52.8 Å². The molecule has 1 saturated heterocycles. The van der Waals surface area contributed by atoms with Crippen LogP contribution >= 0.6 is 0 Å². The summed E-state index contributed by atoms with van der Waals surface area (Å²) >= 11 is 0. The zero-order chi connectivity index (χ0) is 18.4. The van der Waals surface area contributed by atoms with Gasteiger partial charge in [-0.05, 0) is 38.8 Å². The molecule has 0 bridgehead atoms. The Labute approximate surface area is 146 Å². The van der Waals surface area contributed by atoms with Crippen molar-refractivity contribution in [3.05, 3.63) is 34.4 Å². The molecule has 25 heavy (non-hydrogen) atoms. The molecule has 1 aliphatic rings. The average molecular weight is 348 g/mol. The molecule has 1 aliphatic heterocycles. The van der Waals surface area contributed by atoms with Crippen LogP contribution in [0.5, 0.6) is 0 Å². The van der Waals surface area contributed by atoms with Gasteiger partial charge in [0, 0.05) is 44.0 Å². The molecule has 0 aliphatic carbocycles. The molecular weight excluding hydrogens is 324 g/mol. The number of likely N-dealkylation sites (tertiary alicyclic amines) is 1. The molecule has 8 heteroatoms. The van der Waals surface area contributed by atoms with Crippen molar-refractivity contribution in [1.29, 1.82) is 0 Å². The van der Waals surface area contributed by atoms with Crippen molar-refractivity contribution in [2.24, 2.45) is 5.92 Å². The van der Waals surface area contributed by atoms with E-state index in [9.17, 15) is 19.7 Å². The highest BCUT2D eigenvalue weighted by molar-refractivity contribution is 5.90. The number of benzene rings is 1. The van der Waals surface area contributed by atoms with E-state index < -0.39 is 4.92 Å². The van der Waals surface area contributed by atoms with Crippen LogP contribution in [0.3, 0.4) is 0 Å². The second-order valence-electron chi connectivity index (χ2n) is 6.03. The summed E-state index contributed by atoms with van der Waals surface area (Å²) in [5.41, 5.74) is 0.466. The first kappa shape index (κ1) is 18.7. The Hall–Kier alpha value is -2.64. The van der Waals surface area contributed by atoms with Crippen LogP contribution in [-0.2, 0) is 4.79 Å². The number of carbonyl (C=O) groups is 2. The third-order valence-electron chi connectivity index (χ3n) is 4.46. The largest absolute Gasteiger partial charge is 0.343 e. The predicted molar refractivity (Wildman–Crippen MR) is 94.3 cm³/mol. The van der Waals surface area contributed by atoms with Crippen molar-refractivity contribution in [3.8, 4) is 0 Å². The van der Waals surface area contributed by atoms with E-state index >= 15 is 0 Å². The maximum absolute atomic E-state index is 12.5. The fraction of sp³-hybridized carbons (Fsp3) is 0.529. The van der Waals surface area contributed by atoms with Gasteiger partial charge in [0.1, 0.15) is 0 Å². The topological polar surface area (TPSA) is 95.8 Å². The van der Waals surface area contributed by atoms with Crippen molar-refractivity contribution < 1.29 is 14.5 Å². The van der Waals surface area contributed by atoms with Crippen LogP contribution in [0.1, 0.15) is 26.7 Å². The minimum absolute atomic E-state index is 0.0270. The smallest absolute Gasteiger partial charge is 0.321 e. The summed E-state index contributed by atoms with van der Waals surface area (Å²) in [6.45, 7) is 6.23. The van der Waals surface area contributed by atoms with Gasteiger partial charge in [-0.3, -0.25) is 14.9 Å². The molecule has 2 rings (SSSR count). The molecule has 1 aromatic rings. The quantitative estimate of drug-likeness (QED) is 0.653. The predicted octanol–water partition coefficient (Wildman–Crippen LogP) is 2.71. The highest BCUT2D eigenvalue weighted by Gasteiger charge is 2.30. The van der Waals surface area contributed by atoms with Crippen LogP contribution in [0.15, 0.2) is 24.3 Å². The van der Waals surface area contributed by atoms with Crippen molar-refractivity contribution in [3.63, 3.8) is 0 Å². The van der Waals surface area contributed by atoms with Crippen LogP contribution < -0.4 is 5.32 Å². The fourth-order valence-corrected chi connectivity index (χ4v) is 3.03. The monoisotopic (exact) mass is 348 g/mol. The number of nitrogens with one attached hydrogen (secondary N) is 1. The van der Waals surface area contributed by atoms with Gasteiger partial charge in [-0.15, -0.1) is 0 Å². The van der Waals surface area contributed by atoms with E-state index in [0.717, 1.165) is 12.8 Å². The lowest BCUT2D eigenvalue weighted by molar-refractivity contribution is -0.384. The maximum Gasteiger partial charge on any atom is 0.321 e. The normalized spacial score (nSPS) is 17.0. The Kier molecular flexibility index (Phi) is 6.32. The number of urea groups is 1. The third-order valence-corrected chi connectivity index (χ3v) is 4.46. The third kappa shape index (κ3) is 4.68. The molecular formula is C17H24N4O4. The number of nitrogens with zero attached hydrogens (tertiary/aromatic N) is 3. The van der Waals surface area contributed by atoms with E-state index in [1.165, 1.54) is 24.3 Å². The first-order chi connectivity index (χ1) is 12.0. The zero-order valence-corrected chi connectivity index (χ0v) is 14.6. The van der Waals surface area contributed by atoms with Crippen molar-refractivity contribution in [2.45, 2.75) is 26.7 Å². The second-order valence-corrected chi connectivity index (χ2v) is 6.03. The Morgan fingerprint density at radius 2 is 1.92 bits per heavy atom. The number of hydrogen-bond acceptors (Lipinski definition) is 4. The van der Waals surface area contributed by atoms with Gasteiger partial charge in [0.2, 0.25) is 5.91 Å². The minimum atomic E-state index is -0.486. The molecule has 1 heterocycles. The molecule has 1 atom stereocenters. The molecule has 1 unspecified atom stereocenters. The first-order valence-electron chi connectivity index (χ1n) is 8.55. The molecule has 8 nitrogen and oxygen atoms in total. The summed E-state index contributed by atoms with van der Waals surface area (Å²) < 4.78 is 0. The summed E-state index contributed by atoms with van der Waals surface area (Å²) in [4.78, 5) is 38.5. The van der Waals surface area contributed by atoms with Gasteiger partial charge in [0.05, 0.1) is 10.8 Å². The number of carbonyl (C=O) groups excluding carboxylic acids is 2. The summed E-state index contributed by atoms with van der Waals surface area (Å²) in [7, 11) is 0. The van der Waals surface area contributed by atoms with Gasteiger partial charge in [0.15, 0.2) is 0 Å². The zero-order valence-electron chi connectivity index (χ0n) is 14.6. The lowest BCUT2D eigenvalue weighted by Crippen LogP contribution is -2.47. The fourth-order valence-electron chi connectivity index (χ4n) is 3.03. The number of anilines is 1. The number of hydrogen-bond donors (Lipinski definition) is 1. The molecule has 0 spiro atoms. The van der Waals surface area contributed by atoms with Crippen LogP contribution in [0, 0.1) is 16.0 Å². The van der Waals surface area contributed by atoms with Crippen LogP contribution in [0.4, 0.5) is 16.2 Å². The molecule has 0 aromatic heterocycles. The van der Waals surface area contributed by atoms with Gasteiger partial charge >= 0.3 is 6.03 Å². The van der Waals surface area contributed by atoms with Crippen molar-refractivity contribution in [1.82, 2.24) is 9.80 Å². The van der Waals surface area contributed by atoms with Gasteiger partial charge in [-0.1, -0.05) is 0 Å². The van der Waals surface area contributed by atoms with Gasteiger partial charge in [-0.25, -0.2) is 4.79 Å². The molecule has 3 amide bonds. The number of nitro benzene ring substituents is 1. The van der Waals surface area contributed by atoms with Gasteiger partial charge in [-0.2, -0.15) is 0 Å². The standard InChI is InChI=1S/C17H24N4O4/c1-3-19(4-2)16(22)13-6-5-11-20(12-13)17(23)18-14-7-9-15(10-8-14)21(24)25/h7-10,13H,3-6,11-12H2,1-2H3,(H,18,23). The highest BCUT2D eigenvalue weighted by Crippen LogP contribution is 2.21. The van der Waals surface area contributed by atoms with Crippen molar-refractivity contribution >= 4 is 23.3 Å². The molecule has 1 N–H and O–H groups in total. The van der Waals surface area contributed by atoms with E-state index in [1.807, 2.05) is 13.8 Å². The van der Waals surface area contributed by atoms with Gasteiger partial charge in [0.25, 0.3) is 5.69 Å². The van der Waals surface area contributed by atoms with E-state index in [2.05, 4.69) is 5.32 Å². The molecule has 136 valence electrons. The van der Waals surface area contributed by atoms with Crippen LogP contribution in [0.2, 0.25) is 0 Å². The first-order valence-corrected chi connectivity index (χ1v) is 8.55. The number of amides is 3. The van der Waals surface area contributed by atoms with Crippen LogP contribution in [0.25, 0.3) is 0 Å². The Morgan fingerprint density at radius 1 is 1.28 bits per heavy atom. The van der Waals surface area contributed by atoms with E-state index in [1.54, 1.807) is 9.80 Å². The summed E-state index contributed by atoms with van der Waals surface area (Å²) in [6, 6.07) is 5.40. The second kappa shape index (κ2) is 8.46. The summed E-state index contributed by atoms with van der Waals surface area (Å²) in [6.07, 6.45) is 1.57. The van der Waals surface area contributed by atoms with Gasteiger partial charge < -0.3 is 15.1 Å². The molecule has 1 aromatic carbocycles. The van der Waals surface area contributed by atoms with E-state index in [4.69, 9.17) is 0 Å². The molecule has 1 fully saturated rings. The SMILES string of the molecule is CCN(CC)C(=O)C1CCCN(C(=O)Nc2ccc([N+](=O)[O-])cc2)C1. The lowest BCUT2D eigenvalue weighted by Gasteiger charge is -2.34. The molecule has 0 radical (unpaired) electrons. The Morgan fingerprint density at radius 3 is 2.48 bits per heavy atom. The van der Waals surface area contributed by atoms with E-state index in [-0.39, 0.29) is 23.5 Å². The number of non-ortho nitro benzene ring substituents is 1. The molecule has 0 saturated carbocycles. The summed E-state index contributed by atoms with van der Waals surface area (Å²) in [5, 5.41) is 13.4. The number of piperidine rings is 1. The lowest BCUT2D eigenvalue weighted by atomic mass is 9.96. The van der Waals surface area contributed by atoms with Crippen molar-refractivity contribution in [2.75, 3.05) is 31.5 Å². The Balaban J connectivity index is 1.97. The number of rotatable bonds is 5. The highest BCUT2D eigenvalue weighted by atomic mass is 16.6. The minimum Gasteiger partial charge on any atom is -0.343 e. The maximum atomic E-state index is 12.5. The number of nitro groups is 1. The Bertz CT molecular complexity index is 628. The summed E-state index contributed by atoms with van der Waals surface area (Å²) in [5.74, 6) is -0.0749. The average Bonchev–Trinajstić information content (AvgIpc) is 2.63.